The fraction of sp³-hybridized carbons (Fsp3) is 0.182. The SMILES string of the molecule is Cc1cncc(C(N)c2ccoc2Cl)c1. The maximum Gasteiger partial charge on any atom is 0.198 e. The van der Waals surface area contributed by atoms with Crippen LogP contribution in [0.3, 0.4) is 0 Å². The Balaban J connectivity index is 2.36. The first-order chi connectivity index (χ1) is 7.18. The molecule has 1 unspecified atom stereocenters. The minimum atomic E-state index is -0.288. The number of aromatic nitrogens is 1. The number of halogens is 1. The van der Waals surface area contributed by atoms with Crippen molar-refractivity contribution in [1.82, 2.24) is 4.98 Å². The molecule has 78 valence electrons. The summed E-state index contributed by atoms with van der Waals surface area (Å²) in [5, 5.41) is 0.337. The first-order valence-electron chi connectivity index (χ1n) is 4.58. The summed E-state index contributed by atoms with van der Waals surface area (Å²) >= 11 is 5.86. The highest BCUT2D eigenvalue weighted by Crippen LogP contribution is 2.27. The van der Waals surface area contributed by atoms with E-state index < -0.39 is 0 Å². The summed E-state index contributed by atoms with van der Waals surface area (Å²) in [5.74, 6) is 0. The average Bonchev–Trinajstić information content (AvgIpc) is 2.63. The van der Waals surface area contributed by atoms with E-state index in [0.29, 0.717) is 5.22 Å². The molecule has 3 nitrogen and oxygen atoms in total. The smallest absolute Gasteiger partial charge is 0.198 e. The van der Waals surface area contributed by atoms with Crippen LogP contribution in [-0.4, -0.2) is 4.98 Å². The van der Waals surface area contributed by atoms with Crippen molar-refractivity contribution in [2.24, 2.45) is 5.73 Å². The molecule has 0 radical (unpaired) electrons. The van der Waals surface area contributed by atoms with Crippen molar-refractivity contribution in [2.75, 3.05) is 0 Å². The number of hydrogen-bond acceptors (Lipinski definition) is 3. The molecular formula is C11H11ClN2O. The first kappa shape index (κ1) is 10.2. The number of nitrogens with zero attached hydrogens (tertiary/aromatic N) is 1. The Morgan fingerprint density at radius 3 is 2.87 bits per heavy atom. The van der Waals surface area contributed by atoms with E-state index in [1.54, 1.807) is 18.5 Å². The van der Waals surface area contributed by atoms with E-state index in [-0.39, 0.29) is 6.04 Å². The lowest BCUT2D eigenvalue weighted by Crippen LogP contribution is -2.11. The zero-order valence-corrected chi connectivity index (χ0v) is 9.03. The van der Waals surface area contributed by atoms with E-state index in [0.717, 1.165) is 16.7 Å². The van der Waals surface area contributed by atoms with Gasteiger partial charge < -0.3 is 10.2 Å². The van der Waals surface area contributed by atoms with Crippen LogP contribution in [-0.2, 0) is 0 Å². The van der Waals surface area contributed by atoms with Crippen molar-refractivity contribution in [3.05, 3.63) is 52.7 Å². The van der Waals surface area contributed by atoms with Crippen LogP contribution in [0.15, 0.2) is 35.2 Å². The minimum Gasteiger partial charge on any atom is -0.453 e. The lowest BCUT2D eigenvalue weighted by molar-refractivity contribution is 0.564. The van der Waals surface area contributed by atoms with Crippen LogP contribution in [0.2, 0.25) is 5.22 Å². The van der Waals surface area contributed by atoms with Gasteiger partial charge in [-0.15, -0.1) is 0 Å². The molecule has 0 saturated carbocycles. The van der Waals surface area contributed by atoms with Gasteiger partial charge >= 0.3 is 0 Å². The monoisotopic (exact) mass is 222 g/mol. The third-order valence-corrected chi connectivity index (χ3v) is 2.54. The molecule has 0 bridgehead atoms. The van der Waals surface area contributed by atoms with E-state index in [1.165, 1.54) is 6.26 Å². The molecule has 2 aromatic rings. The van der Waals surface area contributed by atoms with E-state index >= 15 is 0 Å². The summed E-state index contributed by atoms with van der Waals surface area (Å²) in [4.78, 5) is 4.09. The van der Waals surface area contributed by atoms with Gasteiger partial charge in [-0.05, 0) is 35.7 Å². The molecule has 2 heterocycles. The van der Waals surface area contributed by atoms with Crippen molar-refractivity contribution < 1.29 is 4.42 Å². The highest BCUT2D eigenvalue weighted by Gasteiger charge is 2.14. The van der Waals surface area contributed by atoms with Gasteiger partial charge in [0.15, 0.2) is 5.22 Å². The maximum absolute atomic E-state index is 6.05. The molecule has 0 aliphatic heterocycles. The van der Waals surface area contributed by atoms with Gasteiger partial charge in [0.25, 0.3) is 0 Å². The number of furan rings is 1. The summed E-state index contributed by atoms with van der Waals surface area (Å²) in [5.41, 5.74) is 8.83. The summed E-state index contributed by atoms with van der Waals surface area (Å²) in [7, 11) is 0. The van der Waals surface area contributed by atoms with Crippen molar-refractivity contribution in [3.63, 3.8) is 0 Å². The summed E-state index contributed by atoms with van der Waals surface area (Å²) in [6.07, 6.45) is 5.05. The Labute approximate surface area is 92.9 Å². The van der Waals surface area contributed by atoms with Gasteiger partial charge in [-0.25, -0.2) is 0 Å². The largest absolute Gasteiger partial charge is 0.453 e. The van der Waals surface area contributed by atoms with E-state index in [4.69, 9.17) is 21.8 Å². The molecule has 0 amide bonds. The number of pyridine rings is 1. The van der Waals surface area contributed by atoms with Gasteiger partial charge in [0, 0.05) is 18.0 Å². The van der Waals surface area contributed by atoms with Crippen LogP contribution < -0.4 is 5.73 Å². The Hall–Kier alpha value is -1.32. The van der Waals surface area contributed by atoms with Gasteiger partial charge in [0.2, 0.25) is 0 Å². The summed E-state index contributed by atoms with van der Waals surface area (Å²) < 4.78 is 5.00. The molecule has 2 aromatic heterocycles. The van der Waals surface area contributed by atoms with Crippen LogP contribution in [0.25, 0.3) is 0 Å². The molecule has 4 heteroatoms. The summed E-state index contributed by atoms with van der Waals surface area (Å²) in [6.45, 7) is 1.97. The van der Waals surface area contributed by atoms with Crippen LogP contribution in [0.5, 0.6) is 0 Å². The molecule has 0 aliphatic rings. The summed E-state index contributed by atoms with van der Waals surface area (Å²) in [6, 6.07) is 3.47. The minimum absolute atomic E-state index is 0.288. The number of aryl methyl sites for hydroxylation is 1. The zero-order valence-electron chi connectivity index (χ0n) is 8.27. The molecule has 0 saturated heterocycles. The van der Waals surface area contributed by atoms with Crippen molar-refractivity contribution in [3.8, 4) is 0 Å². The normalized spacial score (nSPS) is 12.7. The fourth-order valence-electron chi connectivity index (χ4n) is 1.45. The van der Waals surface area contributed by atoms with Crippen LogP contribution in [0.1, 0.15) is 22.7 Å². The third kappa shape index (κ3) is 2.03. The van der Waals surface area contributed by atoms with E-state index in [2.05, 4.69) is 4.98 Å². The second-order valence-corrected chi connectivity index (χ2v) is 3.77. The lowest BCUT2D eigenvalue weighted by Gasteiger charge is -2.10. The number of nitrogens with two attached hydrogens (primary N) is 1. The second kappa shape index (κ2) is 4.04. The van der Waals surface area contributed by atoms with E-state index in [1.807, 2.05) is 13.0 Å². The Morgan fingerprint density at radius 2 is 2.27 bits per heavy atom. The molecule has 2 rings (SSSR count). The van der Waals surface area contributed by atoms with Gasteiger partial charge in [-0.1, -0.05) is 6.07 Å². The molecule has 2 N–H and O–H groups in total. The van der Waals surface area contributed by atoms with E-state index in [9.17, 15) is 0 Å². The van der Waals surface area contributed by atoms with Gasteiger partial charge in [-0.2, -0.15) is 0 Å². The molecule has 1 atom stereocenters. The van der Waals surface area contributed by atoms with Crippen LogP contribution in [0, 0.1) is 6.92 Å². The second-order valence-electron chi connectivity index (χ2n) is 3.42. The van der Waals surface area contributed by atoms with Crippen molar-refractivity contribution in [2.45, 2.75) is 13.0 Å². The first-order valence-corrected chi connectivity index (χ1v) is 4.96. The molecular weight excluding hydrogens is 212 g/mol. The predicted molar refractivity (Wildman–Crippen MR) is 58.7 cm³/mol. The highest BCUT2D eigenvalue weighted by molar-refractivity contribution is 6.29. The molecule has 0 aliphatic carbocycles. The Kier molecular flexibility index (Phi) is 2.75. The fourth-order valence-corrected chi connectivity index (χ4v) is 1.69. The molecule has 0 fully saturated rings. The topological polar surface area (TPSA) is 52.0 Å². The van der Waals surface area contributed by atoms with Gasteiger partial charge in [0.1, 0.15) is 0 Å². The maximum atomic E-state index is 6.05. The molecule has 15 heavy (non-hydrogen) atoms. The van der Waals surface area contributed by atoms with Gasteiger partial charge in [-0.3, -0.25) is 4.98 Å². The predicted octanol–water partition coefficient (Wildman–Crippen LogP) is 2.68. The number of hydrogen-bond donors (Lipinski definition) is 1. The zero-order chi connectivity index (χ0) is 10.8. The van der Waals surface area contributed by atoms with Crippen LogP contribution >= 0.6 is 11.6 Å². The average molecular weight is 223 g/mol. The van der Waals surface area contributed by atoms with Gasteiger partial charge in [0.05, 0.1) is 12.3 Å². The number of rotatable bonds is 2. The van der Waals surface area contributed by atoms with Crippen molar-refractivity contribution >= 4 is 11.6 Å². The quantitative estimate of drug-likeness (QED) is 0.850. The molecule has 0 aromatic carbocycles. The lowest BCUT2D eigenvalue weighted by atomic mass is 10.0. The Morgan fingerprint density at radius 1 is 1.47 bits per heavy atom. The van der Waals surface area contributed by atoms with Crippen molar-refractivity contribution in [1.29, 1.82) is 0 Å². The molecule has 0 spiro atoms. The standard InChI is InChI=1S/C11H11ClN2O/c1-7-4-8(6-14-5-7)10(13)9-2-3-15-11(9)12/h2-6,10H,13H2,1H3. The third-order valence-electron chi connectivity index (χ3n) is 2.24. The Bertz CT molecular complexity index is 467. The highest BCUT2D eigenvalue weighted by atomic mass is 35.5. The van der Waals surface area contributed by atoms with Crippen LogP contribution in [0.4, 0.5) is 0 Å².